The number of allylic oxidation sites excluding steroid dienone is 1. The van der Waals surface area contributed by atoms with Gasteiger partial charge in [0.15, 0.2) is 0 Å². The standard InChI is InChI=1S/C22H21N5O3/c1-10-8-21(3,4)27-17-13(10)6-12(29-5)7-14(17)22(20(27)28)15(9-23)18(24)30-19-16(22)11(2)25-26-19/h6-8H,24H2,1-5H3,(H,25,26)/t22-/m1/s1. The van der Waals surface area contributed by atoms with Gasteiger partial charge in [0, 0.05) is 16.8 Å². The van der Waals surface area contributed by atoms with Gasteiger partial charge in [-0.25, -0.2) is 0 Å². The molecular formula is C22H21N5O3. The maximum absolute atomic E-state index is 14.3. The smallest absolute Gasteiger partial charge is 0.248 e. The van der Waals surface area contributed by atoms with Gasteiger partial charge in [-0.3, -0.25) is 9.89 Å². The number of benzene rings is 1. The Labute approximate surface area is 173 Å². The molecule has 1 amide bonds. The molecule has 0 radical (unpaired) electrons. The number of aromatic amines is 1. The van der Waals surface area contributed by atoms with Gasteiger partial charge in [0.2, 0.25) is 17.7 Å². The molecule has 1 aromatic carbocycles. The van der Waals surface area contributed by atoms with Crippen molar-refractivity contribution in [3.8, 4) is 17.7 Å². The van der Waals surface area contributed by atoms with Crippen molar-refractivity contribution in [3.05, 3.63) is 52.0 Å². The molecule has 1 atom stereocenters. The Hall–Kier alpha value is -3.73. The molecule has 0 saturated heterocycles. The zero-order chi connectivity index (χ0) is 21.6. The zero-order valence-electron chi connectivity index (χ0n) is 17.4. The van der Waals surface area contributed by atoms with Crippen LogP contribution in [0.3, 0.4) is 0 Å². The van der Waals surface area contributed by atoms with Crippen molar-refractivity contribution >= 4 is 17.2 Å². The number of carbonyl (C=O) groups is 1. The van der Waals surface area contributed by atoms with Crippen LogP contribution in [0.2, 0.25) is 0 Å². The van der Waals surface area contributed by atoms with E-state index < -0.39 is 11.0 Å². The second kappa shape index (κ2) is 5.45. The number of nitriles is 1. The van der Waals surface area contributed by atoms with E-state index in [4.69, 9.17) is 15.2 Å². The Balaban J connectivity index is 2.01. The van der Waals surface area contributed by atoms with Crippen LogP contribution < -0.4 is 20.1 Å². The number of hydrogen-bond acceptors (Lipinski definition) is 6. The predicted octanol–water partition coefficient (Wildman–Crippen LogP) is 2.64. The Morgan fingerprint density at radius 3 is 2.73 bits per heavy atom. The molecule has 30 heavy (non-hydrogen) atoms. The number of ether oxygens (including phenoxy) is 2. The third-order valence-corrected chi connectivity index (χ3v) is 6.27. The van der Waals surface area contributed by atoms with Crippen molar-refractivity contribution in [2.24, 2.45) is 5.73 Å². The number of nitrogens with zero attached hydrogens (tertiary/aromatic N) is 3. The number of aryl methyl sites for hydroxylation is 1. The van der Waals surface area contributed by atoms with Crippen molar-refractivity contribution in [1.82, 2.24) is 10.2 Å². The molecule has 3 N–H and O–H groups in total. The molecule has 3 aliphatic heterocycles. The van der Waals surface area contributed by atoms with Crippen LogP contribution >= 0.6 is 0 Å². The Kier molecular flexibility index (Phi) is 3.32. The average molecular weight is 403 g/mol. The van der Waals surface area contributed by atoms with E-state index in [2.05, 4.69) is 22.3 Å². The van der Waals surface area contributed by atoms with Crippen molar-refractivity contribution in [2.75, 3.05) is 12.0 Å². The maximum Gasteiger partial charge on any atom is 0.248 e. The van der Waals surface area contributed by atoms with Crippen LogP contribution in [0.25, 0.3) is 5.57 Å². The fourth-order valence-corrected chi connectivity index (χ4v) is 5.17. The third kappa shape index (κ3) is 1.85. The largest absolute Gasteiger partial charge is 0.497 e. The lowest BCUT2D eigenvalue weighted by Gasteiger charge is -2.40. The summed E-state index contributed by atoms with van der Waals surface area (Å²) >= 11 is 0. The fourth-order valence-electron chi connectivity index (χ4n) is 5.17. The van der Waals surface area contributed by atoms with Gasteiger partial charge in [0.25, 0.3) is 0 Å². The number of H-pyrrole nitrogens is 1. The fraction of sp³-hybridized carbons (Fsp3) is 0.318. The molecular weight excluding hydrogens is 382 g/mol. The molecule has 8 heteroatoms. The van der Waals surface area contributed by atoms with E-state index in [1.165, 1.54) is 0 Å². The molecule has 3 aliphatic rings. The first-order chi connectivity index (χ1) is 14.2. The normalized spacial score (nSPS) is 23.0. The van der Waals surface area contributed by atoms with Crippen LogP contribution in [0.4, 0.5) is 5.69 Å². The first kappa shape index (κ1) is 18.3. The van der Waals surface area contributed by atoms with Gasteiger partial charge in [0.1, 0.15) is 22.8 Å². The van der Waals surface area contributed by atoms with Gasteiger partial charge in [-0.05, 0) is 45.4 Å². The number of aromatic nitrogens is 2. The van der Waals surface area contributed by atoms with Gasteiger partial charge in [0.05, 0.1) is 23.9 Å². The summed E-state index contributed by atoms with van der Waals surface area (Å²) in [5, 5.41) is 17.2. The van der Waals surface area contributed by atoms with E-state index in [-0.39, 0.29) is 23.2 Å². The molecule has 5 rings (SSSR count). The molecule has 2 aromatic rings. The topological polar surface area (TPSA) is 117 Å². The number of methoxy groups -OCH3 is 1. The highest BCUT2D eigenvalue weighted by Crippen LogP contribution is 2.60. The number of nitrogens with two attached hydrogens (primary N) is 1. The summed E-state index contributed by atoms with van der Waals surface area (Å²) in [4.78, 5) is 16.1. The molecule has 0 fully saturated rings. The van der Waals surface area contributed by atoms with E-state index in [0.717, 1.165) is 16.8 Å². The van der Waals surface area contributed by atoms with Gasteiger partial charge in [-0.15, -0.1) is 5.10 Å². The number of carbonyl (C=O) groups excluding carboxylic acids is 1. The van der Waals surface area contributed by atoms with E-state index in [1.54, 1.807) is 18.9 Å². The highest BCUT2D eigenvalue weighted by atomic mass is 16.5. The lowest BCUT2D eigenvalue weighted by Crippen LogP contribution is -2.53. The maximum atomic E-state index is 14.3. The number of amides is 1. The number of nitrogens with one attached hydrogen (secondary N) is 1. The summed E-state index contributed by atoms with van der Waals surface area (Å²) in [6, 6.07) is 5.89. The minimum Gasteiger partial charge on any atom is -0.497 e. The van der Waals surface area contributed by atoms with Gasteiger partial charge < -0.3 is 20.1 Å². The van der Waals surface area contributed by atoms with Crippen LogP contribution in [0.1, 0.15) is 43.2 Å². The van der Waals surface area contributed by atoms with E-state index in [1.807, 2.05) is 32.9 Å². The molecule has 0 aliphatic carbocycles. The van der Waals surface area contributed by atoms with Crippen molar-refractivity contribution < 1.29 is 14.3 Å². The lowest BCUT2D eigenvalue weighted by molar-refractivity contribution is -0.121. The summed E-state index contributed by atoms with van der Waals surface area (Å²) in [5.74, 6) is 0.421. The minimum atomic E-state index is -1.46. The van der Waals surface area contributed by atoms with Gasteiger partial charge in [-0.1, -0.05) is 6.08 Å². The summed E-state index contributed by atoms with van der Waals surface area (Å²) in [5.41, 5.74) is 8.63. The Morgan fingerprint density at radius 1 is 1.33 bits per heavy atom. The van der Waals surface area contributed by atoms with E-state index in [0.29, 0.717) is 22.6 Å². The Bertz CT molecular complexity index is 1260. The lowest BCUT2D eigenvalue weighted by atomic mass is 9.68. The monoisotopic (exact) mass is 403 g/mol. The summed E-state index contributed by atoms with van der Waals surface area (Å²) in [7, 11) is 1.58. The molecule has 0 saturated carbocycles. The summed E-state index contributed by atoms with van der Waals surface area (Å²) in [6.45, 7) is 7.77. The SMILES string of the molecule is COc1cc2c3c(c1)[C@@]1(C(=O)N3C(C)(C)C=C2C)C(C#N)=C(N)Oc2n[nH]c(C)c21. The molecule has 0 bridgehead atoms. The number of hydrogen-bond donors (Lipinski definition) is 2. The second-order valence-corrected chi connectivity index (χ2v) is 8.42. The molecule has 4 heterocycles. The van der Waals surface area contributed by atoms with Crippen molar-refractivity contribution in [1.29, 1.82) is 5.26 Å². The first-order valence-electron chi connectivity index (χ1n) is 9.59. The van der Waals surface area contributed by atoms with Crippen LogP contribution in [0.5, 0.6) is 11.6 Å². The van der Waals surface area contributed by atoms with Gasteiger partial charge >= 0.3 is 0 Å². The molecule has 1 aromatic heterocycles. The molecule has 8 nitrogen and oxygen atoms in total. The molecule has 0 unspecified atom stereocenters. The quantitative estimate of drug-likeness (QED) is 0.756. The predicted molar refractivity (Wildman–Crippen MR) is 110 cm³/mol. The summed E-state index contributed by atoms with van der Waals surface area (Å²) in [6.07, 6.45) is 2.05. The van der Waals surface area contributed by atoms with Crippen LogP contribution in [0.15, 0.2) is 29.7 Å². The first-order valence-corrected chi connectivity index (χ1v) is 9.59. The van der Waals surface area contributed by atoms with Crippen molar-refractivity contribution in [2.45, 2.75) is 38.6 Å². The summed E-state index contributed by atoms with van der Waals surface area (Å²) < 4.78 is 11.2. The van der Waals surface area contributed by atoms with Gasteiger partial charge in [-0.2, -0.15) is 5.26 Å². The molecule has 1 spiro atoms. The van der Waals surface area contributed by atoms with Crippen LogP contribution in [-0.2, 0) is 10.2 Å². The van der Waals surface area contributed by atoms with Crippen LogP contribution in [0, 0.1) is 18.3 Å². The third-order valence-electron chi connectivity index (χ3n) is 6.27. The van der Waals surface area contributed by atoms with Crippen molar-refractivity contribution in [3.63, 3.8) is 0 Å². The highest BCUT2D eigenvalue weighted by molar-refractivity contribution is 6.18. The number of anilines is 1. The zero-order valence-corrected chi connectivity index (χ0v) is 17.4. The molecule has 152 valence electrons. The van der Waals surface area contributed by atoms with E-state index in [9.17, 15) is 10.1 Å². The average Bonchev–Trinajstić information content (AvgIpc) is 3.17. The Morgan fingerprint density at radius 2 is 2.07 bits per heavy atom. The number of rotatable bonds is 1. The van der Waals surface area contributed by atoms with E-state index >= 15 is 0 Å². The minimum absolute atomic E-state index is 0.0582. The highest BCUT2D eigenvalue weighted by Gasteiger charge is 2.63. The van der Waals surface area contributed by atoms with Crippen LogP contribution in [-0.4, -0.2) is 28.8 Å². The second-order valence-electron chi connectivity index (χ2n) is 8.42. The number of fused-ring (bicyclic) bond motifs is 3.